The molecule has 0 atom stereocenters. The summed E-state index contributed by atoms with van der Waals surface area (Å²) in [6.07, 6.45) is 0.402. The largest absolute Gasteiger partial charge is 0.331 e. The van der Waals surface area contributed by atoms with E-state index in [1.54, 1.807) is 0 Å². The number of quaternary nitrogens is 1. The van der Waals surface area contributed by atoms with Crippen molar-refractivity contribution in [2.24, 2.45) is 0 Å². The molecule has 1 fully saturated rings. The van der Waals surface area contributed by atoms with Gasteiger partial charge in [0.2, 0.25) is 11.8 Å². The third-order valence-electron chi connectivity index (χ3n) is 5.77. The molecule has 0 aromatic heterocycles. The summed E-state index contributed by atoms with van der Waals surface area (Å²) < 4.78 is 0. The Labute approximate surface area is 177 Å². The lowest BCUT2D eigenvalue weighted by Crippen LogP contribution is -3.13. The van der Waals surface area contributed by atoms with Crippen molar-refractivity contribution >= 4 is 28.3 Å². The number of nitrogens with zero attached hydrogens (tertiary/aromatic N) is 1. The van der Waals surface area contributed by atoms with E-state index >= 15 is 0 Å². The third kappa shape index (κ3) is 4.86. The van der Waals surface area contributed by atoms with Crippen LogP contribution in [0.5, 0.6) is 0 Å². The molecule has 0 saturated carbocycles. The smallest absolute Gasteiger partial charge is 0.227 e. The minimum Gasteiger partial charge on any atom is -0.331 e. The minimum absolute atomic E-state index is 0.0947. The van der Waals surface area contributed by atoms with Crippen LogP contribution < -0.4 is 10.2 Å². The van der Waals surface area contributed by atoms with E-state index < -0.39 is 0 Å². The monoisotopic (exact) mass is 402 g/mol. The Balaban J connectivity index is 1.30. The van der Waals surface area contributed by atoms with E-state index in [9.17, 15) is 9.59 Å². The molecule has 1 aliphatic heterocycles. The first-order chi connectivity index (χ1) is 14.6. The van der Waals surface area contributed by atoms with Crippen molar-refractivity contribution in [1.82, 2.24) is 4.90 Å². The predicted octanol–water partition coefficient (Wildman–Crippen LogP) is 2.27. The molecule has 5 heteroatoms. The summed E-state index contributed by atoms with van der Waals surface area (Å²) in [5.41, 5.74) is 3.10. The molecule has 0 aliphatic carbocycles. The first-order valence-electron chi connectivity index (χ1n) is 10.5. The normalized spacial score (nSPS) is 14.6. The van der Waals surface area contributed by atoms with Gasteiger partial charge in [-0.15, -0.1) is 0 Å². The van der Waals surface area contributed by atoms with Gasteiger partial charge in [0.1, 0.15) is 6.54 Å². The lowest BCUT2D eigenvalue weighted by atomic mass is 10.0. The van der Waals surface area contributed by atoms with E-state index in [2.05, 4.69) is 47.8 Å². The van der Waals surface area contributed by atoms with E-state index in [0.717, 1.165) is 44.0 Å². The van der Waals surface area contributed by atoms with Crippen LogP contribution in [0, 0.1) is 0 Å². The Morgan fingerprint density at radius 1 is 0.933 bits per heavy atom. The summed E-state index contributed by atoms with van der Waals surface area (Å²) in [6, 6.07) is 22.5. The molecule has 0 bridgehead atoms. The van der Waals surface area contributed by atoms with Gasteiger partial charge >= 0.3 is 0 Å². The van der Waals surface area contributed by atoms with Crippen molar-refractivity contribution in [2.45, 2.75) is 19.9 Å². The van der Waals surface area contributed by atoms with Crippen LogP contribution in [-0.2, 0) is 22.6 Å². The van der Waals surface area contributed by atoms with E-state index in [-0.39, 0.29) is 11.8 Å². The van der Waals surface area contributed by atoms with E-state index in [0.29, 0.717) is 6.42 Å². The van der Waals surface area contributed by atoms with Gasteiger partial charge in [0.25, 0.3) is 0 Å². The molecule has 30 heavy (non-hydrogen) atoms. The SMILES string of the molecule is CC(=O)Nc1ccc(CC(=O)N2CC[NH+](Cc3cccc4ccccc34)CC2)cc1. The molecule has 5 nitrogen and oxygen atoms in total. The van der Waals surface area contributed by atoms with Gasteiger partial charge in [-0.05, 0) is 28.5 Å². The maximum absolute atomic E-state index is 12.7. The van der Waals surface area contributed by atoms with Crippen molar-refractivity contribution in [1.29, 1.82) is 0 Å². The number of hydrogen-bond acceptors (Lipinski definition) is 2. The zero-order chi connectivity index (χ0) is 20.9. The van der Waals surface area contributed by atoms with E-state index in [1.165, 1.54) is 28.2 Å². The average molecular weight is 403 g/mol. The molecule has 0 spiro atoms. The van der Waals surface area contributed by atoms with Gasteiger partial charge in [-0.3, -0.25) is 9.59 Å². The zero-order valence-electron chi connectivity index (χ0n) is 17.4. The molecule has 1 saturated heterocycles. The lowest BCUT2D eigenvalue weighted by Gasteiger charge is -2.32. The Kier molecular flexibility index (Phi) is 6.10. The number of carbonyl (C=O) groups is 2. The first kappa shape index (κ1) is 20.1. The van der Waals surface area contributed by atoms with Crippen LogP contribution in [0.2, 0.25) is 0 Å². The number of amides is 2. The molecule has 1 heterocycles. The van der Waals surface area contributed by atoms with Crippen molar-refractivity contribution < 1.29 is 14.5 Å². The molecule has 1 aliphatic rings. The fourth-order valence-corrected chi connectivity index (χ4v) is 4.16. The maximum atomic E-state index is 12.7. The van der Waals surface area contributed by atoms with Gasteiger partial charge in [-0.25, -0.2) is 0 Å². The fourth-order valence-electron chi connectivity index (χ4n) is 4.16. The number of fused-ring (bicyclic) bond motifs is 1. The van der Waals surface area contributed by atoms with Crippen molar-refractivity contribution in [3.63, 3.8) is 0 Å². The second-order valence-corrected chi connectivity index (χ2v) is 8.00. The van der Waals surface area contributed by atoms with Crippen LogP contribution in [0.3, 0.4) is 0 Å². The number of nitrogens with one attached hydrogen (secondary N) is 2. The Bertz CT molecular complexity index is 1030. The highest BCUT2D eigenvalue weighted by molar-refractivity contribution is 5.88. The minimum atomic E-state index is -0.0947. The van der Waals surface area contributed by atoms with Gasteiger partial charge in [0.05, 0.1) is 32.6 Å². The second kappa shape index (κ2) is 9.09. The number of hydrogen-bond donors (Lipinski definition) is 2. The number of benzene rings is 3. The quantitative estimate of drug-likeness (QED) is 0.688. The van der Waals surface area contributed by atoms with Crippen LogP contribution in [0.1, 0.15) is 18.1 Å². The number of anilines is 1. The second-order valence-electron chi connectivity index (χ2n) is 8.00. The molecule has 3 aromatic rings. The molecule has 4 rings (SSSR count). The summed E-state index contributed by atoms with van der Waals surface area (Å²) in [7, 11) is 0. The van der Waals surface area contributed by atoms with E-state index in [1.807, 2.05) is 29.2 Å². The highest BCUT2D eigenvalue weighted by atomic mass is 16.2. The number of carbonyl (C=O) groups excluding carboxylic acids is 2. The summed E-state index contributed by atoms with van der Waals surface area (Å²) in [5.74, 6) is 0.0779. The van der Waals surface area contributed by atoms with Crippen molar-refractivity contribution in [3.8, 4) is 0 Å². The molecule has 2 N–H and O–H groups in total. The standard InChI is InChI=1S/C25H27N3O2/c1-19(29)26-23-11-9-20(10-12-23)17-25(30)28-15-13-27(14-16-28)18-22-7-4-6-21-5-2-3-8-24(21)22/h2-12H,13-18H2,1H3,(H,26,29)/p+1. The van der Waals surface area contributed by atoms with Gasteiger partial charge < -0.3 is 15.1 Å². The Morgan fingerprint density at radius 2 is 1.63 bits per heavy atom. The van der Waals surface area contributed by atoms with Crippen LogP contribution in [0.25, 0.3) is 10.8 Å². The molecule has 2 amide bonds. The predicted molar refractivity (Wildman–Crippen MR) is 119 cm³/mol. The van der Waals surface area contributed by atoms with Crippen LogP contribution in [0.4, 0.5) is 5.69 Å². The first-order valence-corrected chi connectivity index (χ1v) is 10.5. The molecular formula is C25H28N3O2+. The van der Waals surface area contributed by atoms with Gasteiger partial charge in [-0.1, -0.05) is 54.6 Å². The lowest BCUT2D eigenvalue weighted by molar-refractivity contribution is -0.917. The maximum Gasteiger partial charge on any atom is 0.227 e. The van der Waals surface area contributed by atoms with Crippen LogP contribution in [0.15, 0.2) is 66.7 Å². The molecule has 0 radical (unpaired) electrons. The zero-order valence-corrected chi connectivity index (χ0v) is 17.4. The summed E-state index contributed by atoms with van der Waals surface area (Å²) in [5, 5.41) is 5.36. The van der Waals surface area contributed by atoms with Crippen LogP contribution >= 0.6 is 0 Å². The summed E-state index contributed by atoms with van der Waals surface area (Å²) in [6.45, 7) is 6.01. The van der Waals surface area contributed by atoms with Crippen molar-refractivity contribution in [3.05, 3.63) is 77.9 Å². The van der Waals surface area contributed by atoms with Gasteiger partial charge in [0, 0.05) is 18.2 Å². The van der Waals surface area contributed by atoms with E-state index in [4.69, 9.17) is 0 Å². The fraction of sp³-hybridized carbons (Fsp3) is 0.280. The highest BCUT2D eigenvalue weighted by Crippen LogP contribution is 2.17. The molecule has 0 unspecified atom stereocenters. The van der Waals surface area contributed by atoms with Crippen molar-refractivity contribution in [2.75, 3.05) is 31.5 Å². The Hall–Kier alpha value is -3.18. The summed E-state index contributed by atoms with van der Waals surface area (Å²) in [4.78, 5) is 27.3. The number of rotatable bonds is 5. The molecule has 154 valence electrons. The summed E-state index contributed by atoms with van der Waals surface area (Å²) >= 11 is 0. The topological polar surface area (TPSA) is 53.9 Å². The molecule has 3 aromatic carbocycles. The average Bonchev–Trinajstić information content (AvgIpc) is 2.75. The van der Waals surface area contributed by atoms with Gasteiger partial charge in [0.15, 0.2) is 0 Å². The number of piperazine rings is 1. The molecular weight excluding hydrogens is 374 g/mol. The highest BCUT2D eigenvalue weighted by Gasteiger charge is 2.24. The van der Waals surface area contributed by atoms with Crippen LogP contribution in [-0.4, -0.2) is 42.9 Å². The third-order valence-corrected chi connectivity index (χ3v) is 5.77. The van der Waals surface area contributed by atoms with Gasteiger partial charge in [-0.2, -0.15) is 0 Å². The Morgan fingerprint density at radius 3 is 2.37 bits per heavy atom.